The van der Waals surface area contributed by atoms with E-state index in [0.717, 1.165) is 16.3 Å². The fourth-order valence-electron chi connectivity index (χ4n) is 1.80. The number of ether oxygens (including phenoxy) is 1. The second kappa shape index (κ2) is 6.43. The highest BCUT2D eigenvalue weighted by molar-refractivity contribution is 7.18. The molecule has 0 saturated heterocycles. The number of hydrogen-bond acceptors (Lipinski definition) is 5. The Morgan fingerprint density at radius 1 is 1.35 bits per heavy atom. The van der Waals surface area contributed by atoms with E-state index in [1.165, 1.54) is 11.3 Å². The number of benzene rings is 1. The van der Waals surface area contributed by atoms with Crippen LogP contribution in [0.3, 0.4) is 0 Å². The number of Topliss-reactive ketones (excluding diaryl/α,β-unsaturated/α-hetero) is 1. The Morgan fingerprint density at radius 3 is 2.65 bits per heavy atom. The quantitative estimate of drug-likeness (QED) is 0.799. The minimum absolute atomic E-state index is 0.0880. The first-order valence-electron chi connectivity index (χ1n) is 6.43. The number of carbonyl (C=O) groups excluding carboxylic acids is 1. The number of nitrogen functional groups attached to an aromatic ring is 1. The van der Waals surface area contributed by atoms with Gasteiger partial charge in [-0.25, -0.2) is 0 Å². The predicted octanol–water partition coefficient (Wildman–Crippen LogP) is 3.54. The molecule has 4 nitrogen and oxygen atoms in total. The summed E-state index contributed by atoms with van der Waals surface area (Å²) in [5.41, 5.74) is 7.55. The molecule has 0 aliphatic heterocycles. The van der Waals surface area contributed by atoms with Gasteiger partial charge in [-0.2, -0.15) is 0 Å². The summed E-state index contributed by atoms with van der Waals surface area (Å²) >= 11 is 1.41. The monoisotopic (exact) mass is 290 g/mol. The molecule has 2 rings (SSSR count). The largest absolute Gasteiger partial charge is 0.497 e. The van der Waals surface area contributed by atoms with Crippen molar-refractivity contribution >= 4 is 27.8 Å². The molecule has 106 valence electrons. The summed E-state index contributed by atoms with van der Waals surface area (Å²) in [6.07, 6.45) is 0.475. The van der Waals surface area contributed by atoms with Crippen LogP contribution in [0.2, 0.25) is 0 Å². The highest BCUT2D eigenvalue weighted by atomic mass is 32.1. The molecule has 1 heterocycles. The lowest BCUT2D eigenvalue weighted by Gasteiger charge is -2.05. The highest BCUT2D eigenvalue weighted by Crippen LogP contribution is 2.30. The average molecular weight is 290 g/mol. The van der Waals surface area contributed by atoms with Gasteiger partial charge in [0.2, 0.25) is 0 Å². The van der Waals surface area contributed by atoms with Crippen LogP contribution in [0.1, 0.15) is 28.6 Å². The molecule has 0 bridgehead atoms. The number of carbonyl (C=O) groups is 1. The zero-order valence-corrected chi connectivity index (χ0v) is 12.4. The summed E-state index contributed by atoms with van der Waals surface area (Å²) in [6.45, 7) is 2.52. The van der Waals surface area contributed by atoms with Crippen LogP contribution in [0.5, 0.6) is 5.75 Å². The van der Waals surface area contributed by atoms with Crippen LogP contribution in [0.15, 0.2) is 30.3 Å². The normalized spacial score (nSPS) is 10.3. The Labute approximate surface area is 122 Å². The summed E-state index contributed by atoms with van der Waals surface area (Å²) < 4.78 is 5.12. The Morgan fingerprint density at radius 2 is 2.05 bits per heavy atom. The van der Waals surface area contributed by atoms with Gasteiger partial charge in [0, 0.05) is 13.0 Å². The molecule has 0 aliphatic rings. The number of nitrogens with two attached hydrogens (primary N) is 1. The second-order valence-electron chi connectivity index (χ2n) is 4.37. The smallest absolute Gasteiger partial charge is 0.174 e. The molecule has 3 N–H and O–H groups in total. The van der Waals surface area contributed by atoms with Crippen molar-refractivity contribution in [3.63, 3.8) is 0 Å². The van der Waals surface area contributed by atoms with Gasteiger partial charge >= 0.3 is 0 Å². The molecule has 0 fully saturated rings. The molecule has 0 saturated carbocycles. The maximum absolute atomic E-state index is 11.7. The third kappa shape index (κ3) is 3.30. The van der Waals surface area contributed by atoms with E-state index in [1.54, 1.807) is 7.11 Å². The van der Waals surface area contributed by atoms with Gasteiger partial charge in [0.1, 0.15) is 5.75 Å². The zero-order valence-electron chi connectivity index (χ0n) is 11.6. The van der Waals surface area contributed by atoms with Gasteiger partial charge in [-0.1, -0.05) is 19.1 Å². The fourth-order valence-corrected chi connectivity index (χ4v) is 2.79. The number of rotatable bonds is 6. The third-order valence-electron chi connectivity index (χ3n) is 2.96. The minimum Gasteiger partial charge on any atom is -0.497 e. The maximum Gasteiger partial charge on any atom is 0.174 e. The van der Waals surface area contributed by atoms with E-state index in [4.69, 9.17) is 10.5 Å². The Balaban J connectivity index is 2.01. The van der Waals surface area contributed by atoms with Gasteiger partial charge in [-0.05, 0) is 23.8 Å². The van der Waals surface area contributed by atoms with Crippen LogP contribution in [0, 0.1) is 0 Å². The molecule has 0 aliphatic carbocycles. The van der Waals surface area contributed by atoms with Crippen LogP contribution in [0.25, 0.3) is 0 Å². The third-order valence-corrected chi connectivity index (χ3v) is 4.11. The average Bonchev–Trinajstić information content (AvgIpc) is 2.86. The molecule has 0 radical (unpaired) electrons. The first kappa shape index (κ1) is 14.4. The molecule has 0 atom stereocenters. The number of hydrogen-bond donors (Lipinski definition) is 2. The zero-order chi connectivity index (χ0) is 14.5. The first-order chi connectivity index (χ1) is 9.63. The molecule has 1 aromatic heterocycles. The topological polar surface area (TPSA) is 64.3 Å². The number of methoxy groups -OCH3 is 1. The molecule has 1 aromatic carbocycles. The fraction of sp³-hybridized carbons (Fsp3) is 0.267. The SMILES string of the molecule is CCC(=O)c1sc(NCc2ccc(OC)cc2)cc1N. The van der Waals surface area contributed by atoms with Crippen molar-refractivity contribution in [1.82, 2.24) is 0 Å². The lowest BCUT2D eigenvalue weighted by molar-refractivity contribution is 0.0993. The second-order valence-corrected chi connectivity index (χ2v) is 5.43. The van der Waals surface area contributed by atoms with E-state index in [9.17, 15) is 4.79 Å². The lowest BCUT2D eigenvalue weighted by Crippen LogP contribution is -1.97. The highest BCUT2D eigenvalue weighted by Gasteiger charge is 2.12. The van der Waals surface area contributed by atoms with Gasteiger partial charge in [0.15, 0.2) is 5.78 Å². The number of ketones is 1. The van der Waals surface area contributed by atoms with E-state index in [2.05, 4.69) is 5.32 Å². The summed E-state index contributed by atoms with van der Waals surface area (Å²) in [7, 11) is 1.65. The molecule has 2 aromatic rings. The van der Waals surface area contributed by atoms with E-state index in [1.807, 2.05) is 37.3 Å². The van der Waals surface area contributed by atoms with E-state index in [0.29, 0.717) is 23.5 Å². The maximum atomic E-state index is 11.7. The summed E-state index contributed by atoms with van der Waals surface area (Å²) in [5.74, 6) is 0.926. The molecule has 0 unspecified atom stereocenters. The van der Waals surface area contributed by atoms with Crippen LogP contribution >= 0.6 is 11.3 Å². The standard InChI is InChI=1S/C15H18N2O2S/c1-3-13(18)15-12(16)8-14(20-15)17-9-10-4-6-11(19-2)7-5-10/h4-8,17H,3,9,16H2,1-2H3. The summed E-state index contributed by atoms with van der Waals surface area (Å²) in [4.78, 5) is 12.3. The number of anilines is 2. The molecule has 20 heavy (non-hydrogen) atoms. The van der Waals surface area contributed by atoms with Crippen molar-refractivity contribution < 1.29 is 9.53 Å². The van der Waals surface area contributed by atoms with Gasteiger partial charge in [-0.3, -0.25) is 4.79 Å². The molecule has 0 spiro atoms. The first-order valence-corrected chi connectivity index (χ1v) is 7.25. The Kier molecular flexibility index (Phi) is 4.63. The van der Waals surface area contributed by atoms with Crippen LogP contribution in [-0.2, 0) is 6.54 Å². The van der Waals surface area contributed by atoms with E-state index in [-0.39, 0.29) is 5.78 Å². The molecule has 5 heteroatoms. The van der Waals surface area contributed by atoms with Crippen molar-refractivity contribution in [1.29, 1.82) is 0 Å². The van der Waals surface area contributed by atoms with Crippen LogP contribution in [-0.4, -0.2) is 12.9 Å². The lowest BCUT2D eigenvalue weighted by atomic mass is 10.2. The summed E-state index contributed by atoms with van der Waals surface area (Å²) in [6, 6.07) is 9.66. The molecular formula is C15H18N2O2S. The molecule has 0 amide bonds. The van der Waals surface area contributed by atoms with Crippen LogP contribution < -0.4 is 15.8 Å². The molecular weight excluding hydrogens is 272 g/mol. The predicted molar refractivity (Wildman–Crippen MR) is 83.7 cm³/mol. The number of nitrogens with one attached hydrogen (secondary N) is 1. The minimum atomic E-state index is 0.0880. The van der Waals surface area contributed by atoms with Crippen molar-refractivity contribution in [2.45, 2.75) is 19.9 Å². The van der Waals surface area contributed by atoms with Gasteiger partial charge in [0.25, 0.3) is 0 Å². The van der Waals surface area contributed by atoms with Gasteiger partial charge in [0.05, 0.1) is 22.7 Å². The summed E-state index contributed by atoms with van der Waals surface area (Å²) in [5, 5.41) is 4.20. The van der Waals surface area contributed by atoms with E-state index < -0.39 is 0 Å². The van der Waals surface area contributed by atoms with E-state index >= 15 is 0 Å². The van der Waals surface area contributed by atoms with Crippen molar-refractivity contribution in [3.8, 4) is 5.75 Å². The van der Waals surface area contributed by atoms with Gasteiger partial charge in [-0.15, -0.1) is 11.3 Å². The van der Waals surface area contributed by atoms with Crippen molar-refractivity contribution in [2.75, 3.05) is 18.2 Å². The Bertz CT molecular complexity index is 590. The van der Waals surface area contributed by atoms with Gasteiger partial charge < -0.3 is 15.8 Å². The Hall–Kier alpha value is -2.01. The van der Waals surface area contributed by atoms with Crippen molar-refractivity contribution in [3.05, 3.63) is 40.8 Å². The van der Waals surface area contributed by atoms with Crippen molar-refractivity contribution in [2.24, 2.45) is 0 Å². The van der Waals surface area contributed by atoms with Crippen LogP contribution in [0.4, 0.5) is 10.7 Å². The number of thiophene rings is 1.